The number of nitrogens with two attached hydrogens (primary N) is 2. The van der Waals surface area contributed by atoms with Crippen LogP contribution in [-0.4, -0.2) is 35.6 Å². The van der Waals surface area contributed by atoms with Crippen molar-refractivity contribution in [2.24, 2.45) is 5.84 Å². The fourth-order valence-electron chi connectivity index (χ4n) is 2.83. The Hall–Kier alpha value is -2.55. The molecule has 0 saturated carbocycles. The van der Waals surface area contributed by atoms with Crippen molar-refractivity contribution in [1.82, 2.24) is 5.32 Å². The van der Waals surface area contributed by atoms with Crippen LogP contribution >= 0.6 is 0 Å². The van der Waals surface area contributed by atoms with E-state index in [0.29, 0.717) is 17.8 Å². The first-order chi connectivity index (χ1) is 12.9. The Labute approximate surface area is 160 Å². The number of amides is 1. The zero-order valence-electron chi connectivity index (χ0n) is 15.5. The van der Waals surface area contributed by atoms with Crippen LogP contribution < -0.4 is 21.9 Å². The molecular weight excluding hydrogens is 343 g/mol. The molecule has 0 fully saturated rings. The Bertz CT molecular complexity index is 757. The molecule has 7 N–H and O–H groups in total. The Morgan fingerprint density at radius 1 is 1.19 bits per heavy atom. The Morgan fingerprint density at radius 3 is 2.56 bits per heavy atom. The standard InChI is InChI=1S/C19H27BN4O3/c1-2-14-6-5-7-15(12-14)13-18(20(26)27)23-19(25)10-11-24(22)17-9-4-3-8-16(17)21/h3-9,12,18,26-27H,2,10-11,13,21-22H2,1H3,(H,23,25)/t18-/m0/s1. The second-order valence-corrected chi connectivity index (χ2v) is 6.47. The molecule has 27 heavy (non-hydrogen) atoms. The topological polar surface area (TPSA) is 125 Å². The van der Waals surface area contributed by atoms with E-state index in [4.69, 9.17) is 11.6 Å². The molecule has 8 heteroatoms. The first-order valence-electron chi connectivity index (χ1n) is 9.00. The quantitative estimate of drug-likeness (QED) is 0.191. The average Bonchev–Trinajstić information content (AvgIpc) is 2.66. The minimum absolute atomic E-state index is 0.100. The molecule has 0 bridgehead atoms. The molecule has 1 amide bonds. The number of benzene rings is 2. The molecule has 2 aromatic rings. The van der Waals surface area contributed by atoms with Crippen molar-refractivity contribution >= 4 is 24.4 Å². The summed E-state index contributed by atoms with van der Waals surface area (Å²) in [5.41, 5.74) is 9.13. The van der Waals surface area contributed by atoms with Gasteiger partial charge in [0.25, 0.3) is 0 Å². The van der Waals surface area contributed by atoms with Gasteiger partial charge in [0.05, 0.1) is 17.3 Å². The highest BCUT2D eigenvalue weighted by molar-refractivity contribution is 6.43. The monoisotopic (exact) mass is 370 g/mol. The number of hydrogen-bond donors (Lipinski definition) is 5. The average molecular weight is 370 g/mol. The van der Waals surface area contributed by atoms with Gasteiger partial charge in [-0.3, -0.25) is 4.79 Å². The van der Waals surface area contributed by atoms with E-state index in [9.17, 15) is 14.8 Å². The summed E-state index contributed by atoms with van der Waals surface area (Å²) in [6, 6.07) is 15.0. The number of nitrogen functional groups attached to an aromatic ring is 1. The van der Waals surface area contributed by atoms with Gasteiger partial charge in [-0.25, -0.2) is 5.84 Å². The van der Waals surface area contributed by atoms with Crippen molar-refractivity contribution in [1.29, 1.82) is 0 Å². The van der Waals surface area contributed by atoms with Crippen molar-refractivity contribution in [3.8, 4) is 0 Å². The summed E-state index contributed by atoms with van der Waals surface area (Å²) in [5.74, 6) is 4.86. The van der Waals surface area contributed by atoms with Gasteiger partial charge in [-0.15, -0.1) is 0 Å². The van der Waals surface area contributed by atoms with E-state index in [2.05, 4.69) is 12.2 Å². The van der Waals surface area contributed by atoms with Crippen molar-refractivity contribution < 1.29 is 14.8 Å². The first-order valence-corrected chi connectivity index (χ1v) is 9.00. The molecule has 0 heterocycles. The number of anilines is 2. The van der Waals surface area contributed by atoms with E-state index in [1.165, 1.54) is 5.01 Å². The molecule has 2 aromatic carbocycles. The van der Waals surface area contributed by atoms with E-state index >= 15 is 0 Å². The molecule has 0 radical (unpaired) electrons. The maximum atomic E-state index is 12.2. The highest BCUT2D eigenvalue weighted by Crippen LogP contribution is 2.19. The number of nitrogens with zero attached hydrogens (tertiary/aromatic N) is 1. The molecule has 0 aliphatic heterocycles. The molecule has 0 saturated heterocycles. The molecule has 7 nitrogen and oxygen atoms in total. The van der Waals surface area contributed by atoms with Gasteiger partial charge in [0.15, 0.2) is 0 Å². The summed E-state index contributed by atoms with van der Waals surface area (Å²) >= 11 is 0. The predicted octanol–water partition coefficient (Wildman–Crippen LogP) is 0.641. The third-order valence-corrected chi connectivity index (χ3v) is 4.39. The van der Waals surface area contributed by atoms with Crippen molar-refractivity contribution in [2.45, 2.75) is 32.1 Å². The second kappa shape index (κ2) is 9.96. The third kappa shape index (κ3) is 6.28. The smallest absolute Gasteiger partial charge is 0.426 e. The van der Waals surface area contributed by atoms with E-state index in [0.717, 1.165) is 17.5 Å². The second-order valence-electron chi connectivity index (χ2n) is 6.47. The zero-order valence-corrected chi connectivity index (χ0v) is 15.5. The number of rotatable bonds is 9. The van der Waals surface area contributed by atoms with Gasteiger partial charge in [-0.1, -0.05) is 43.3 Å². The normalized spacial score (nSPS) is 11.7. The van der Waals surface area contributed by atoms with Crippen LogP contribution in [0.25, 0.3) is 0 Å². The van der Waals surface area contributed by atoms with Crippen LogP contribution in [0.2, 0.25) is 0 Å². The van der Waals surface area contributed by atoms with Crippen molar-refractivity contribution in [2.75, 3.05) is 17.3 Å². The van der Waals surface area contributed by atoms with Gasteiger partial charge in [-0.2, -0.15) is 0 Å². The summed E-state index contributed by atoms with van der Waals surface area (Å²) in [6.45, 7) is 2.30. The molecule has 0 aromatic heterocycles. The molecule has 1 atom stereocenters. The molecule has 0 aliphatic rings. The van der Waals surface area contributed by atoms with Gasteiger partial charge in [0.2, 0.25) is 5.91 Å². The minimum atomic E-state index is -1.65. The Morgan fingerprint density at radius 2 is 1.89 bits per heavy atom. The fraction of sp³-hybridized carbons (Fsp3) is 0.316. The number of hydrazine groups is 1. The molecule has 144 valence electrons. The molecule has 0 aliphatic carbocycles. The molecule has 2 rings (SSSR count). The van der Waals surface area contributed by atoms with Gasteiger partial charge >= 0.3 is 7.12 Å². The van der Waals surface area contributed by atoms with E-state index in [1.807, 2.05) is 30.3 Å². The Kier molecular flexibility index (Phi) is 7.66. The summed E-state index contributed by atoms with van der Waals surface area (Å²) in [7, 11) is -1.65. The number of hydrogen-bond acceptors (Lipinski definition) is 6. The molecule has 0 unspecified atom stereocenters. The fourth-order valence-corrected chi connectivity index (χ4v) is 2.83. The number of nitrogens with one attached hydrogen (secondary N) is 1. The van der Waals surface area contributed by atoms with E-state index in [-0.39, 0.29) is 18.9 Å². The minimum Gasteiger partial charge on any atom is -0.426 e. The number of para-hydroxylation sites is 2. The van der Waals surface area contributed by atoms with Crippen molar-refractivity contribution in [3.63, 3.8) is 0 Å². The lowest BCUT2D eigenvalue weighted by atomic mass is 9.75. The molecular formula is C19H27BN4O3. The van der Waals surface area contributed by atoms with Gasteiger partial charge in [-0.05, 0) is 36.1 Å². The number of carbonyl (C=O) groups excluding carboxylic acids is 1. The highest BCUT2D eigenvalue weighted by atomic mass is 16.4. The van der Waals surface area contributed by atoms with Crippen LogP contribution in [-0.2, 0) is 17.6 Å². The van der Waals surface area contributed by atoms with Gasteiger partial charge in [0.1, 0.15) is 0 Å². The van der Waals surface area contributed by atoms with Crippen LogP contribution in [0.3, 0.4) is 0 Å². The number of carbonyl (C=O) groups is 1. The van der Waals surface area contributed by atoms with Gasteiger partial charge in [0, 0.05) is 13.0 Å². The van der Waals surface area contributed by atoms with E-state index < -0.39 is 13.1 Å². The Balaban J connectivity index is 1.91. The van der Waals surface area contributed by atoms with Gasteiger partial charge < -0.3 is 26.1 Å². The molecule has 0 spiro atoms. The SMILES string of the molecule is CCc1cccc(C[C@H](NC(=O)CCN(N)c2ccccc2N)B(O)O)c1. The lowest BCUT2D eigenvalue weighted by molar-refractivity contribution is -0.121. The van der Waals surface area contributed by atoms with Crippen LogP contribution in [0.15, 0.2) is 48.5 Å². The number of aryl methyl sites for hydroxylation is 1. The van der Waals surface area contributed by atoms with Crippen LogP contribution in [0, 0.1) is 0 Å². The summed E-state index contributed by atoms with van der Waals surface area (Å²) in [6.07, 6.45) is 1.32. The maximum Gasteiger partial charge on any atom is 0.475 e. The maximum absolute atomic E-state index is 12.2. The summed E-state index contributed by atoms with van der Waals surface area (Å²) < 4.78 is 0. The largest absolute Gasteiger partial charge is 0.475 e. The summed E-state index contributed by atoms with van der Waals surface area (Å²) in [5, 5.41) is 23.3. The zero-order chi connectivity index (χ0) is 19.8. The van der Waals surface area contributed by atoms with Crippen LogP contribution in [0.5, 0.6) is 0 Å². The van der Waals surface area contributed by atoms with Crippen molar-refractivity contribution in [3.05, 3.63) is 59.7 Å². The third-order valence-electron chi connectivity index (χ3n) is 4.39. The summed E-state index contributed by atoms with van der Waals surface area (Å²) in [4.78, 5) is 12.2. The van der Waals surface area contributed by atoms with Crippen LogP contribution in [0.1, 0.15) is 24.5 Å². The lowest BCUT2D eigenvalue weighted by Crippen LogP contribution is -2.48. The lowest BCUT2D eigenvalue weighted by Gasteiger charge is -2.22. The van der Waals surface area contributed by atoms with Crippen LogP contribution in [0.4, 0.5) is 11.4 Å². The van der Waals surface area contributed by atoms with E-state index in [1.54, 1.807) is 18.2 Å². The first kappa shape index (κ1) is 20.8. The highest BCUT2D eigenvalue weighted by Gasteiger charge is 2.25. The predicted molar refractivity (Wildman–Crippen MR) is 109 cm³/mol.